The molecule has 0 aromatic heterocycles. The van der Waals surface area contributed by atoms with E-state index in [-0.39, 0.29) is 5.91 Å². The van der Waals surface area contributed by atoms with Gasteiger partial charge in [-0.25, -0.2) is 0 Å². The minimum Gasteiger partial charge on any atom is -0.494 e. The smallest absolute Gasteiger partial charge is 0.220 e. The Hall–Kier alpha value is -1.55. The number of amides is 1. The fraction of sp³-hybridized carbons (Fsp3) is 0.588. The summed E-state index contributed by atoms with van der Waals surface area (Å²) in [4.78, 5) is 11.9. The van der Waals surface area contributed by atoms with Crippen LogP contribution in [-0.4, -0.2) is 25.7 Å². The molecule has 2 rings (SSSR count). The van der Waals surface area contributed by atoms with Gasteiger partial charge in [0.05, 0.1) is 6.61 Å². The Morgan fingerprint density at radius 3 is 2.67 bits per heavy atom. The molecule has 1 aromatic carbocycles. The van der Waals surface area contributed by atoms with Crippen LogP contribution in [0.2, 0.25) is 0 Å². The molecule has 1 saturated heterocycles. The number of hydrogen-bond acceptors (Lipinski definition) is 3. The Bertz CT molecular complexity index is 424. The average molecular weight is 291 g/mol. The summed E-state index contributed by atoms with van der Waals surface area (Å²) in [5, 5.41) is 2.99. The van der Waals surface area contributed by atoms with E-state index in [4.69, 9.17) is 9.47 Å². The van der Waals surface area contributed by atoms with Crippen LogP contribution in [-0.2, 0) is 16.1 Å². The summed E-state index contributed by atoms with van der Waals surface area (Å²) < 4.78 is 10.8. The number of carbonyl (C=O) groups is 1. The van der Waals surface area contributed by atoms with E-state index in [1.165, 1.54) is 0 Å². The van der Waals surface area contributed by atoms with Gasteiger partial charge in [0.15, 0.2) is 0 Å². The molecule has 1 aliphatic heterocycles. The van der Waals surface area contributed by atoms with E-state index in [0.717, 1.165) is 50.4 Å². The highest BCUT2D eigenvalue weighted by atomic mass is 16.5. The van der Waals surface area contributed by atoms with Gasteiger partial charge in [0.2, 0.25) is 5.91 Å². The minimum absolute atomic E-state index is 0.133. The second-order valence-electron chi connectivity index (χ2n) is 5.53. The van der Waals surface area contributed by atoms with Crippen molar-refractivity contribution in [3.63, 3.8) is 0 Å². The first-order valence-corrected chi connectivity index (χ1v) is 7.84. The largest absolute Gasteiger partial charge is 0.494 e. The molecule has 0 unspecified atom stereocenters. The fourth-order valence-electron chi connectivity index (χ4n) is 2.41. The van der Waals surface area contributed by atoms with Crippen LogP contribution >= 0.6 is 0 Å². The van der Waals surface area contributed by atoms with Crippen LogP contribution in [0, 0.1) is 5.92 Å². The average Bonchev–Trinajstić information content (AvgIpc) is 2.53. The quantitative estimate of drug-likeness (QED) is 0.840. The normalized spacial score (nSPS) is 15.7. The van der Waals surface area contributed by atoms with Crippen LogP contribution in [0.1, 0.15) is 38.2 Å². The van der Waals surface area contributed by atoms with E-state index >= 15 is 0 Å². The predicted molar refractivity (Wildman–Crippen MR) is 82.2 cm³/mol. The highest BCUT2D eigenvalue weighted by Gasteiger charge is 2.17. The van der Waals surface area contributed by atoms with Gasteiger partial charge in [-0.1, -0.05) is 19.1 Å². The van der Waals surface area contributed by atoms with E-state index in [1.807, 2.05) is 24.3 Å². The van der Waals surface area contributed by atoms with E-state index in [0.29, 0.717) is 18.9 Å². The Morgan fingerprint density at radius 2 is 2.00 bits per heavy atom. The molecule has 1 fully saturated rings. The molecule has 1 heterocycles. The van der Waals surface area contributed by atoms with Gasteiger partial charge in [-0.2, -0.15) is 0 Å². The zero-order valence-electron chi connectivity index (χ0n) is 12.8. The Balaban J connectivity index is 1.70. The summed E-state index contributed by atoms with van der Waals surface area (Å²) in [7, 11) is 0. The molecular weight excluding hydrogens is 266 g/mol. The number of hydrogen-bond donors (Lipinski definition) is 1. The SMILES string of the molecule is CCCOc1ccc(CNC(=O)CC2CCOCC2)cc1. The molecule has 0 bridgehead atoms. The van der Waals surface area contributed by atoms with E-state index in [1.54, 1.807) is 0 Å². The summed E-state index contributed by atoms with van der Waals surface area (Å²) in [5.41, 5.74) is 1.10. The van der Waals surface area contributed by atoms with Gasteiger partial charge < -0.3 is 14.8 Å². The third-order valence-corrected chi connectivity index (χ3v) is 3.70. The molecule has 0 spiro atoms. The molecule has 1 N–H and O–H groups in total. The Kier molecular flexibility index (Phi) is 6.54. The lowest BCUT2D eigenvalue weighted by molar-refractivity contribution is -0.122. The lowest BCUT2D eigenvalue weighted by atomic mass is 9.96. The highest BCUT2D eigenvalue weighted by Crippen LogP contribution is 2.18. The minimum atomic E-state index is 0.133. The van der Waals surface area contributed by atoms with Crippen molar-refractivity contribution in [2.75, 3.05) is 19.8 Å². The maximum Gasteiger partial charge on any atom is 0.220 e. The highest BCUT2D eigenvalue weighted by molar-refractivity contribution is 5.76. The third-order valence-electron chi connectivity index (χ3n) is 3.70. The van der Waals surface area contributed by atoms with Crippen molar-refractivity contribution in [3.05, 3.63) is 29.8 Å². The van der Waals surface area contributed by atoms with Crippen LogP contribution in [0.5, 0.6) is 5.75 Å². The van der Waals surface area contributed by atoms with Gasteiger partial charge in [-0.05, 0) is 42.9 Å². The van der Waals surface area contributed by atoms with Crippen LogP contribution < -0.4 is 10.1 Å². The molecule has 21 heavy (non-hydrogen) atoms. The first-order chi connectivity index (χ1) is 10.3. The summed E-state index contributed by atoms with van der Waals surface area (Å²) in [6.45, 7) is 4.98. The topological polar surface area (TPSA) is 47.6 Å². The van der Waals surface area contributed by atoms with Gasteiger partial charge in [0.25, 0.3) is 0 Å². The number of rotatable bonds is 7. The zero-order valence-corrected chi connectivity index (χ0v) is 12.8. The fourth-order valence-corrected chi connectivity index (χ4v) is 2.41. The van der Waals surface area contributed by atoms with Gasteiger partial charge in [-0.15, -0.1) is 0 Å². The molecule has 0 atom stereocenters. The molecule has 1 aliphatic rings. The predicted octanol–water partition coefficient (Wildman–Crippen LogP) is 2.91. The molecule has 1 amide bonds. The number of nitrogens with one attached hydrogen (secondary N) is 1. The van der Waals surface area contributed by atoms with Crippen LogP contribution in [0.15, 0.2) is 24.3 Å². The first kappa shape index (κ1) is 15.8. The van der Waals surface area contributed by atoms with Crippen LogP contribution in [0.3, 0.4) is 0 Å². The lowest BCUT2D eigenvalue weighted by Crippen LogP contribution is -2.27. The van der Waals surface area contributed by atoms with Crippen molar-refractivity contribution in [2.24, 2.45) is 5.92 Å². The van der Waals surface area contributed by atoms with E-state index in [9.17, 15) is 4.79 Å². The van der Waals surface area contributed by atoms with Crippen molar-refractivity contribution < 1.29 is 14.3 Å². The summed E-state index contributed by atoms with van der Waals surface area (Å²) in [6.07, 6.45) is 3.61. The number of ether oxygens (including phenoxy) is 2. The van der Waals surface area contributed by atoms with Crippen LogP contribution in [0.4, 0.5) is 0 Å². The second kappa shape index (κ2) is 8.67. The first-order valence-electron chi connectivity index (χ1n) is 7.84. The summed E-state index contributed by atoms with van der Waals surface area (Å²) in [6, 6.07) is 7.91. The van der Waals surface area contributed by atoms with Crippen molar-refractivity contribution in [3.8, 4) is 5.75 Å². The van der Waals surface area contributed by atoms with Gasteiger partial charge in [-0.3, -0.25) is 4.79 Å². The summed E-state index contributed by atoms with van der Waals surface area (Å²) in [5.74, 6) is 1.49. The van der Waals surface area contributed by atoms with Crippen molar-refractivity contribution in [1.29, 1.82) is 0 Å². The van der Waals surface area contributed by atoms with Crippen molar-refractivity contribution in [1.82, 2.24) is 5.32 Å². The molecule has 0 radical (unpaired) electrons. The van der Waals surface area contributed by atoms with Gasteiger partial charge in [0.1, 0.15) is 5.75 Å². The Labute approximate surface area is 126 Å². The van der Waals surface area contributed by atoms with Crippen LogP contribution in [0.25, 0.3) is 0 Å². The lowest BCUT2D eigenvalue weighted by Gasteiger charge is -2.21. The zero-order chi connectivity index (χ0) is 14.9. The molecule has 0 saturated carbocycles. The molecule has 0 aliphatic carbocycles. The van der Waals surface area contributed by atoms with Gasteiger partial charge in [0, 0.05) is 26.2 Å². The molecular formula is C17H25NO3. The molecule has 116 valence electrons. The molecule has 4 nitrogen and oxygen atoms in total. The monoisotopic (exact) mass is 291 g/mol. The maximum absolute atomic E-state index is 11.9. The molecule has 1 aromatic rings. The second-order valence-corrected chi connectivity index (χ2v) is 5.53. The van der Waals surface area contributed by atoms with Gasteiger partial charge >= 0.3 is 0 Å². The Morgan fingerprint density at radius 1 is 1.29 bits per heavy atom. The maximum atomic E-state index is 11.9. The molecule has 4 heteroatoms. The van der Waals surface area contributed by atoms with E-state index < -0.39 is 0 Å². The van der Waals surface area contributed by atoms with Crippen molar-refractivity contribution in [2.45, 2.75) is 39.2 Å². The number of benzene rings is 1. The summed E-state index contributed by atoms with van der Waals surface area (Å²) >= 11 is 0. The third kappa shape index (κ3) is 5.76. The standard InChI is InChI=1S/C17H25NO3/c1-2-9-21-16-5-3-15(4-6-16)13-18-17(19)12-14-7-10-20-11-8-14/h3-6,14H,2,7-13H2,1H3,(H,18,19). The number of carbonyl (C=O) groups excluding carboxylic acids is 1. The van der Waals surface area contributed by atoms with Crippen molar-refractivity contribution >= 4 is 5.91 Å². The van der Waals surface area contributed by atoms with E-state index in [2.05, 4.69) is 12.2 Å².